The van der Waals surface area contributed by atoms with Crippen molar-refractivity contribution < 1.29 is 0 Å². The van der Waals surface area contributed by atoms with Crippen molar-refractivity contribution >= 4 is 11.3 Å². The Morgan fingerprint density at radius 1 is 1.50 bits per heavy atom. The molecule has 0 spiro atoms. The molecule has 0 amide bonds. The van der Waals surface area contributed by atoms with Gasteiger partial charge in [-0.15, -0.1) is 11.3 Å². The Labute approximate surface area is 102 Å². The van der Waals surface area contributed by atoms with Gasteiger partial charge in [0.25, 0.3) is 0 Å². The van der Waals surface area contributed by atoms with Crippen molar-refractivity contribution in [1.29, 1.82) is 0 Å². The Morgan fingerprint density at radius 2 is 2.38 bits per heavy atom. The minimum Gasteiger partial charge on any atom is -0.314 e. The van der Waals surface area contributed by atoms with Gasteiger partial charge in [0.15, 0.2) is 0 Å². The smallest absolute Gasteiger partial charge is 0.0928 e. The zero-order chi connectivity index (χ0) is 11.4. The number of hydrogen-bond donors (Lipinski definition) is 1. The number of hydrogen-bond acceptors (Lipinski definition) is 3. The minimum absolute atomic E-state index is 0.567. The molecule has 1 aliphatic heterocycles. The van der Waals surface area contributed by atoms with E-state index in [1.54, 1.807) is 0 Å². The van der Waals surface area contributed by atoms with Gasteiger partial charge in [0, 0.05) is 17.8 Å². The standard InChI is InChI=1S/C13H22N2S/c1-10(2)12-9-16-13(15-12)7-6-11-5-3-4-8-14-11/h9-11,14H,3-8H2,1-2H3. The molecular formula is C13H22N2S. The number of thiazole rings is 1. The first-order valence-corrected chi connectivity index (χ1v) is 7.31. The fraction of sp³-hybridized carbons (Fsp3) is 0.769. The van der Waals surface area contributed by atoms with Crippen LogP contribution < -0.4 is 5.32 Å². The third kappa shape index (κ3) is 3.29. The van der Waals surface area contributed by atoms with E-state index in [4.69, 9.17) is 0 Å². The molecule has 2 nitrogen and oxygen atoms in total. The topological polar surface area (TPSA) is 24.9 Å². The maximum absolute atomic E-state index is 4.68. The minimum atomic E-state index is 0.567. The van der Waals surface area contributed by atoms with Crippen LogP contribution in [0.4, 0.5) is 0 Å². The van der Waals surface area contributed by atoms with Crippen LogP contribution in [-0.4, -0.2) is 17.6 Å². The number of aryl methyl sites for hydroxylation is 1. The highest BCUT2D eigenvalue weighted by Crippen LogP contribution is 2.20. The molecule has 1 saturated heterocycles. The maximum atomic E-state index is 4.68. The summed E-state index contributed by atoms with van der Waals surface area (Å²) in [6.45, 7) is 5.63. The fourth-order valence-corrected chi connectivity index (χ4v) is 3.15. The van der Waals surface area contributed by atoms with E-state index < -0.39 is 0 Å². The molecule has 0 bridgehead atoms. The first kappa shape index (κ1) is 12.1. The van der Waals surface area contributed by atoms with Gasteiger partial charge in [-0.2, -0.15) is 0 Å². The van der Waals surface area contributed by atoms with Gasteiger partial charge in [-0.25, -0.2) is 4.98 Å². The molecular weight excluding hydrogens is 216 g/mol. The average Bonchev–Trinajstić information content (AvgIpc) is 2.76. The summed E-state index contributed by atoms with van der Waals surface area (Å²) < 4.78 is 0. The van der Waals surface area contributed by atoms with Gasteiger partial charge in [-0.1, -0.05) is 20.3 Å². The molecule has 90 valence electrons. The van der Waals surface area contributed by atoms with Gasteiger partial charge < -0.3 is 5.32 Å². The monoisotopic (exact) mass is 238 g/mol. The number of piperidine rings is 1. The Hall–Kier alpha value is -0.410. The summed E-state index contributed by atoms with van der Waals surface area (Å²) in [6.07, 6.45) is 6.50. The third-order valence-corrected chi connectivity index (χ3v) is 4.21. The van der Waals surface area contributed by atoms with Crippen molar-refractivity contribution in [3.05, 3.63) is 16.1 Å². The molecule has 1 atom stereocenters. The van der Waals surface area contributed by atoms with E-state index >= 15 is 0 Å². The van der Waals surface area contributed by atoms with Crippen LogP contribution in [0, 0.1) is 0 Å². The van der Waals surface area contributed by atoms with Crippen LogP contribution in [0.1, 0.15) is 56.2 Å². The van der Waals surface area contributed by atoms with Crippen LogP contribution in [0.25, 0.3) is 0 Å². The molecule has 0 radical (unpaired) electrons. The lowest BCUT2D eigenvalue weighted by molar-refractivity contribution is 0.382. The van der Waals surface area contributed by atoms with Crippen molar-refractivity contribution in [2.45, 2.75) is 57.9 Å². The second-order valence-electron chi connectivity index (χ2n) is 5.01. The summed E-state index contributed by atoms with van der Waals surface area (Å²) in [4.78, 5) is 4.68. The highest BCUT2D eigenvalue weighted by Gasteiger charge is 2.13. The van der Waals surface area contributed by atoms with Gasteiger partial charge in [0.2, 0.25) is 0 Å². The summed E-state index contributed by atoms with van der Waals surface area (Å²) in [7, 11) is 0. The van der Waals surface area contributed by atoms with Crippen molar-refractivity contribution in [3.63, 3.8) is 0 Å². The molecule has 1 N–H and O–H groups in total. The van der Waals surface area contributed by atoms with E-state index in [0.29, 0.717) is 5.92 Å². The van der Waals surface area contributed by atoms with Crippen molar-refractivity contribution in [1.82, 2.24) is 10.3 Å². The molecule has 1 aromatic rings. The second-order valence-corrected chi connectivity index (χ2v) is 5.95. The summed E-state index contributed by atoms with van der Waals surface area (Å²) in [5.41, 5.74) is 1.26. The molecule has 1 aliphatic rings. The average molecular weight is 238 g/mol. The number of nitrogens with zero attached hydrogens (tertiary/aromatic N) is 1. The molecule has 3 heteroatoms. The Morgan fingerprint density at radius 3 is 3.00 bits per heavy atom. The van der Waals surface area contributed by atoms with E-state index in [1.165, 1.54) is 42.9 Å². The van der Waals surface area contributed by atoms with Gasteiger partial charge in [-0.05, 0) is 31.7 Å². The largest absolute Gasteiger partial charge is 0.314 e. The van der Waals surface area contributed by atoms with E-state index in [2.05, 4.69) is 29.5 Å². The van der Waals surface area contributed by atoms with Gasteiger partial charge >= 0.3 is 0 Å². The summed E-state index contributed by atoms with van der Waals surface area (Å²) >= 11 is 1.83. The molecule has 0 saturated carbocycles. The lowest BCUT2D eigenvalue weighted by Crippen LogP contribution is -2.34. The summed E-state index contributed by atoms with van der Waals surface area (Å²) in [5.74, 6) is 0.567. The van der Waals surface area contributed by atoms with Crippen LogP contribution in [-0.2, 0) is 6.42 Å². The number of nitrogens with one attached hydrogen (secondary N) is 1. The quantitative estimate of drug-likeness (QED) is 0.870. The predicted octanol–water partition coefficient (Wildman–Crippen LogP) is 3.34. The SMILES string of the molecule is CC(C)c1csc(CCC2CCCCN2)n1. The first-order valence-electron chi connectivity index (χ1n) is 6.43. The number of rotatable bonds is 4. The van der Waals surface area contributed by atoms with Crippen molar-refractivity contribution in [2.75, 3.05) is 6.54 Å². The Kier molecular flexibility index (Phi) is 4.36. The molecule has 2 heterocycles. The molecule has 16 heavy (non-hydrogen) atoms. The summed E-state index contributed by atoms with van der Waals surface area (Å²) in [6, 6.07) is 0.736. The summed E-state index contributed by atoms with van der Waals surface area (Å²) in [5, 5.41) is 7.13. The van der Waals surface area contributed by atoms with E-state index in [9.17, 15) is 0 Å². The van der Waals surface area contributed by atoms with Crippen LogP contribution in [0.15, 0.2) is 5.38 Å². The third-order valence-electron chi connectivity index (χ3n) is 3.28. The van der Waals surface area contributed by atoms with Crippen LogP contribution >= 0.6 is 11.3 Å². The lowest BCUT2D eigenvalue weighted by atomic mass is 10.0. The van der Waals surface area contributed by atoms with Crippen LogP contribution in [0.3, 0.4) is 0 Å². The van der Waals surface area contributed by atoms with E-state index in [0.717, 1.165) is 12.5 Å². The first-order chi connectivity index (χ1) is 7.75. The van der Waals surface area contributed by atoms with E-state index in [-0.39, 0.29) is 0 Å². The van der Waals surface area contributed by atoms with Crippen molar-refractivity contribution in [2.24, 2.45) is 0 Å². The molecule has 1 aromatic heterocycles. The molecule has 0 aliphatic carbocycles. The molecule has 2 rings (SSSR count). The second kappa shape index (κ2) is 5.78. The zero-order valence-electron chi connectivity index (χ0n) is 10.3. The highest BCUT2D eigenvalue weighted by atomic mass is 32.1. The highest BCUT2D eigenvalue weighted by molar-refractivity contribution is 7.09. The van der Waals surface area contributed by atoms with E-state index in [1.807, 2.05) is 11.3 Å². The molecule has 1 fully saturated rings. The van der Waals surface area contributed by atoms with Crippen LogP contribution in [0.5, 0.6) is 0 Å². The van der Waals surface area contributed by atoms with Gasteiger partial charge in [0.05, 0.1) is 10.7 Å². The van der Waals surface area contributed by atoms with Crippen LogP contribution in [0.2, 0.25) is 0 Å². The van der Waals surface area contributed by atoms with Crippen molar-refractivity contribution in [3.8, 4) is 0 Å². The van der Waals surface area contributed by atoms with Gasteiger partial charge in [0.1, 0.15) is 0 Å². The Bertz CT molecular complexity index is 313. The Balaban J connectivity index is 1.79. The predicted molar refractivity (Wildman–Crippen MR) is 70.2 cm³/mol. The fourth-order valence-electron chi connectivity index (χ4n) is 2.17. The lowest BCUT2D eigenvalue weighted by Gasteiger charge is -2.22. The molecule has 0 aromatic carbocycles. The zero-order valence-corrected chi connectivity index (χ0v) is 11.1. The normalized spacial score (nSPS) is 21.6. The van der Waals surface area contributed by atoms with Gasteiger partial charge in [-0.3, -0.25) is 0 Å². The maximum Gasteiger partial charge on any atom is 0.0928 e. The number of aromatic nitrogens is 1. The molecule has 1 unspecified atom stereocenters.